The minimum Gasteiger partial charge on any atom is -0.480 e. The van der Waals surface area contributed by atoms with Crippen LogP contribution in [0.4, 0.5) is 4.39 Å². The summed E-state index contributed by atoms with van der Waals surface area (Å²) in [6.45, 7) is 5.16. The average molecular weight is 479 g/mol. The molecule has 6 heteroatoms. The zero-order valence-electron chi connectivity index (χ0n) is 20.7. The van der Waals surface area contributed by atoms with E-state index in [1.165, 1.54) is 5.69 Å². The number of hydrogen-bond donors (Lipinski definition) is 1. The molecule has 0 bridgehead atoms. The monoisotopic (exact) mass is 478 g/mol. The molecule has 3 aromatic rings. The summed E-state index contributed by atoms with van der Waals surface area (Å²) in [5.41, 5.74) is 5.42. The van der Waals surface area contributed by atoms with E-state index in [1.54, 1.807) is 6.07 Å². The van der Waals surface area contributed by atoms with Gasteiger partial charge in [-0.25, -0.2) is 9.18 Å². The van der Waals surface area contributed by atoms with Gasteiger partial charge in [0, 0.05) is 23.4 Å². The molecule has 4 rings (SSSR count). The molecule has 186 valence electrons. The lowest BCUT2D eigenvalue weighted by atomic mass is 9.82. The summed E-state index contributed by atoms with van der Waals surface area (Å²) in [4.78, 5) is 10.7. The summed E-state index contributed by atoms with van der Waals surface area (Å²) in [6.07, 6.45) is 6.03. The highest BCUT2D eigenvalue weighted by Gasteiger charge is 2.26. The number of carboxylic acid groups (broad SMARTS) is 1. The van der Waals surface area contributed by atoms with Crippen LogP contribution < -0.4 is 0 Å². The zero-order chi connectivity index (χ0) is 24.8. The van der Waals surface area contributed by atoms with Crippen molar-refractivity contribution in [3.05, 3.63) is 65.6 Å². The van der Waals surface area contributed by atoms with Crippen molar-refractivity contribution in [2.24, 2.45) is 11.8 Å². The van der Waals surface area contributed by atoms with Gasteiger partial charge in [0.2, 0.25) is 0 Å². The van der Waals surface area contributed by atoms with Crippen LogP contribution in [0.1, 0.15) is 50.3 Å². The number of hydrogen-bond acceptors (Lipinski definition) is 3. The molecule has 0 radical (unpaired) electrons. The molecule has 0 spiro atoms. The fourth-order valence-electron chi connectivity index (χ4n) is 5.19. The van der Waals surface area contributed by atoms with E-state index in [4.69, 9.17) is 14.9 Å². The van der Waals surface area contributed by atoms with Crippen LogP contribution >= 0.6 is 0 Å². The standard InChI is InChI=1S/C29H35FN2O3/c1-3-7-26-28(23-8-5-4-6-9-23)29(24-15-10-20(2)16-25(24)30)31-32(26)17-21-11-13-22(14-12-21)18-35-19-27(33)34/h4-6,8-10,15-16,21-22H,3,7,11-14,17-19H2,1-2H3,(H,33,34)/t21-,22+. The molecule has 1 aliphatic carbocycles. The van der Waals surface area contributed by atoms with Crippen LogP contribution in [0.15, 0.2) is 48.5 Å². The first kappa shape index (κ1) is 25.1. The van der Waals surface area contributed by atoms with Crippen LogP contribution in [-0.2, 0) is 22.5 Å². The lowest BCUT2D eigenvalue weighted by Crippen LogP contribution is -2.23. The van der Waals surface area contributed by atoms with Gasteiger partial charge in [0.1, 0.15) is 18.1 Å². The van der Waals surface area contributed by atoms with Gasteiger partial charge in [0.25, 0.3) is 0 Å². The molecular formula is C29H35FN2O3. The number of carboxylic acids is 1. The summed E-state index contributed by atoms with van der Waals surface area (Å²) in [5.74, 6) is -0.261. The fraction of sp³-hybridized carbons (Fsp3) is 0.448. The third-order valence-corrected chi connectivity index (χ3v) is 6.96. The SMILES string of the molecule is CCCc1c(-c2ccccc2)c(-c2ccc(C)cc2F)nn1C[C@H]1CC[C@@H](COCC(=O)O)CC1. The highest BCUT2D eigenvalue weighted by atomic mass is 19.1. The number of aryl methyl sites for hydroxylation is 1. The van der Waals surface area contributed by atoms with E-state index in [0.29, 0.717) is 29.7 Å². The predicted octanol–water partition coefficient (Wildman–Crippen LogP) is 6.52. The number of carbonyl (C=O) groups is 1. The first-order valence-electron chi connectivity index (χ1n) is 12.7. The van der Waals surface area contributed by atoms with Crippen LogP contribution in [0, 0.1) is 24.6 Å². The largest absolute Gasteiger partial charge is 0.480 e. The maximum absolute atomic E-state index is 15.1. The molecule has 35 heavy (non-hydrogen) atoms. The van der Waals surface area contributed by atoms with Gasteiger partial charge in [0.05, 0.1) is 6.61 Å². The molecule has 1 aromatic heterocycles. The van der Waals surface area contributed by atoms with E-state index in [2.05, 4.69) is 23.7 Å². The van der Waals surface area contributed by atoms with Crippen LogP contribution in [-0.4, -0.2) is 34.1 Å². The topological polar surface area (TPSA) is 64.4 Å². The Morgan fingerprint density at radius 2 is 1.83 bits per heavy atom. The van der Waals surface area contributed by atoms with Gasteiger partial charge >= 0.3 is 5.97 Å². The van der Waals surface area contributed by atoms with Gasteiger partial charge in [0.15, 0.2) is 0 Å². The molecule has 1 heterocycles. The summed E-state index contributed by atoms with van der Waals surface area (Å²) in [7, 11) is 0. The Bertz CT molecular complexity index is 1130. The number of halogens is 1. The molecule has 1 N–H and O–H groups in total. The number of nitrogens with zero attached hydrogens (tertiary/aromatic N) is 2. The molecule has 1 saturated carbocycles. The molecule has 0 aliphatic heterocycles. The van der Waals surface area contributed by atoms with E-state index >= 15 is 4.39 Å². The first-order chi connectivity index (χ1) is 17.0. The predicted molar refractivity (Wildman–Crippen MR) is 136 cm³/mol. The highest BCUT2D eigenvalue weighted by molar-refractivity contribution is 5.83. The molecular weight excluding hydrogens is 443 g/mol. The normalized spacial score (nSPS) is 18.0. The maximum atomic E-state index is 15.1. The Morgan fingerprint density at radius 1 is 1.11 bits per heavy atom. The first-order valence-corrected chi connectivity index (χ1v) is 12.7. The lowest BCUT2D eigenvalue weighted by Gasteiger charge is -2.28. The van der Waals surface area contributed by atoms with Gasteiger partial charge in [-0.3, -0.25) is 4.68 Å². The molecule has 0 unspecified atom stereocenters. The van der Waals surface area contributed by atoms with E-state index in [-0.39, 0.29) is 12.4 Å². The third kappa shape index (κ3) is 6.17. The fourth-order valence-corrected chi connectivity index (χ4v) is 5.19. The quantitative estimate of drug-likeness (QED) is 0.360. The van der Waals surface area contributed by atoms with Gasteiger partial charge in [-0.2, -0.15) is 5.10 Å². The minimum atomic E-state index is -0.921. The molecule has 1 fully saturated rings. The molecule has 0 amide bonds. The van der Waals surface area contributed by atoms with Gasteiger partial charge in [-0.1, -0.05) is 49.7 Å². The van der Waals surface area contributed by atoms with Crippen molar-refractivity contribution >= 4 is 5.97 Å². The number of rotatable bonds is 10. The second-order valence-electron chi connectivity index (χ2n) is 9.75. The van der Waals surface area contributed by atoms with E-state index in [9.17, 15) is 4.79 Å². The zero-order valence-corrected chi connectivity index (χ0v) is 20.7. The van der Waals surface area contributed by atoms with Crippen molar-refractivity contribution in [2.45, 2.75) is 58.9 Å². The maximum Gasteiger partial charge on any atom is 0.329 e. The third-order valence-electron chi connectivity index (χ3n) is 6.96. The van der Waals surface area contributed by atoms with Crippen molar-refractivity contribution in [1.82, 2.24) is 9.78 Å². The lowest BCUT2D eigenvalue weighted by molar-refractivity contribution is -0.142. The Balaban J connectivity index is 1.61. The Kier molecular flexibility index (Phi) is 8.34. The van der Waals surface area contributed by atoms with E-state index in [1.807, 2.05) is 37.3 Å². The van der Waals surface area contributed by atoms with Crippen LogP contribution in [0.25, 0.3) is 22.4 Å². The molecule has 0 atom stereocenters. The number of ether oxygens (including phenoxy) is 1. The second kappa shape index (κ2) is 11.6. The number of benzene rings is 2. The molecule has 2 aromatic carbocycles. The second-order valence-corrected chi connectivity index (χ2v) is 9.75. The van der Waals surface area contributed by atoms with Crippen LogP contribution in [0.3, 0.4) is 0 Å². The Hall–Kier alpha value is -2.99. The summed E-state index contributed by atoms with van der Waals surface area (Å²) in [6, 6.07) is 15.6. The smallest absolute Gasteiger partial charge is 0.329 e. The van der Waals surface area contributed by atoms with E-state index in [0.717, 1.165) is 61.8 Å². The number of aromatic nitrogens is 2. The van der Waals surface area contributed by atoms with Gasteiger partial charge in [-0.15, -0.1) is 0 Å². The Morgan fingerprint density at radius 3 is 2.49 bits per heavy atom. The average Bonchev–Trinajstić information content (AvgIpc) is 3.18. The van der Waals surface area contributed by atoms with E-state index < -0.39 is 5.97 Å². The van der Waals surface area contributed by atoms with Crippen molar-refractivity contribution in [2.75, 3.05) is 13.2 Å². The minimum absolute atomic E-state index is 0.228. The van der Waals surface area contributed by atoms with Crippen LogP contribution in [0.2, 0.25) is 0 Å². The summed E-state index contributed by atoms with van der Waals surface area (Å²) < 4.78 is 22.6. The van der Waals surface area contributed by atoms with Crippen molar-refractivity contribution in [3.63, 3.8) is 0 Å². The van der Waals surface area contributed by atoms with Gasteiger partial charge < -0.3 is 9.84 Å². The Labute approximate surface area is 206 Å². The van der Waals surface area contributed by atoms with Crippen LogP contribution in [0.5, 0.6) is 0 Å². The van der Waals surface area contributed by atoms with Crippen molar-refractivity contribution in [3.8, 4) is 22.4 Å². The molecule has 1 aliphatic rings. The summed E-state index contributed by atoms with van der Waals surface area (Å²) in [5, 5.41) is 13.8. The number of aliphatic carboxylic acids is 1. The van der Waals surface area contributed by atoms with Gasteiger partial charge in [-0.05, 0) is 74.1 Å². The molecule has 5 nitrogen and oxygen atoms in total. The highest BCUT2D eigenvalue weighted by Crippen LogP contribution is 2.38. The summed E-state index contributed by atoms with van der Waals surface area (Å²) >= 11 is 0. The molecule has 0 saturated heterocycles. The van der Waals surface area contributed by atoms with Crippen molar-refractivity contribution in [1.29, 1.82) is 0 Å². The van der Waals surface area contributed by atoms with Crippen molar-refractivity contribution < 1.29 is 19.0 Å².